The predicted molar refractivity (Wildman–Crippen MR) is 71.5 cm³/mol. The average Bonchev–Trinajstić information content (AvgIpc) is 2.23. The second-order valence-electron chi connectivity index (χ2n) is 7.26. The Hall–Kier alpha value is -0.570. The molecule has 0 aromatic carbocycles. The van der Waals surface area contributed by atoms with Crippen molar-refractivity contribution in [2.24, 2.45) is 22.0 Å². The number of nitrogens with one attached hydrogen (secondary N) is 1. The van der Waals surface area contributed by atoms with E-state index in [0.29, 0.717) is 0 Å². The zero-order chi connectivity index (χ0) is 13.6. The Bertz CT molecular complexity index is 302. The lowest BCUT2D eigenvalue weighted by atomic mass is 9.48. The molecule has 0 atom stereocenters. The second-order valence-corrected chi connectivity index (χ2v) is 7.26. The van der Waals surface area contributed by atoms with E-state index in [-0.39, 0.29) is 34.2 Å². The largest absolute Gasteiger partial charge is 0.352 e. The fraction of sp³-hybridized carbons (Fsp3) is 0.929. The first-order valence-corrected chi connectivity index (χ1v) is 6.54. The Morgan fingerprint density at radius 1 is 1.24 bits per heavy atom. The van der Waals surface area contributed by atoms with Gasteiger partial charge in [-0.1, -0.05) is 48.5 Å². The van der Waals surface area contributed by atoms with Gasteiger partial charge in [0.2, 0.25) is 5.91 Å². The molecule has 3 nitrogen and oxygen atoms in total. The van der Waals surface area contributed by atoms with Crippen LogP contribution in [0.4, 0.5) is 0 Å². The van der Waals surface area contributed by atoms with Crippen LogP contribution in [0.15, 0.2) is 0 Å². The number of carbonyl (C=O) groups excluding carboxylic acids is 1. The minimum absolute atomic E-state index is 0.0248. The highest BCUT2D eigenvalue weighted by atomic mass is 16.2. The molecule has 3 N–H and O–H groups in total. The highest BCUT2D eigenvalue weighted by Crippen LogP contribution is 2.52. The normalized spacial score (nSPS) is 30.6. The van der Waals surface area contributed by atoms with Crippen LogP contribution in [-0.2, 0) is 4.79 Å². The topological polar surface area (TPSA) is 55.1 Å². The second kappa shape index (κ2) is 3.98. The van der Waals surface area contributed by atoms with Crippen LogP contribution in [0.25, 0.3) is 0 Å². The third-order valence-corrected chi connectivity index (χ3v) is 4.87. The summed E-state index contributed by atoms with van der Waals surface area (Å²) in [6.07, 6.45) is 0.846. The Labute approximate surface area is 106 Å². The molecular formula is C14H28N2O. The monoisotopic (exact) mass is 240 g/mol. The molecule has 0 aliphatic heterocycles. The molecule has 0 bridgehead atoms. The molecule has 0 heterocycles. The van der Waals surface area contributed by atoms with Crippen molar-refractivity contribution in [2.75, 3.05) is 0 Å². The number of amides is 1. The average molecular weight is 240 g/mol. The molecule has 0 saturated heterocycles. The Kier molecular flexibility index (Phi) is 3.39. The van der Waals surface area contributed by atoms with Crippen LogP contribution < -0.4 is 11.1 Å². The molecule has 0 radical (unpaired) electrons. The zero-order valence-corrected chi connectivity index (χ0v) is 12.3. The lowest BCUT2D eigenvalue weighted by Gasteiger charge is -2.63. The van der Waals surface area contributed by atoms with Crippen molar-refractivity contribution < 1.29 is 4.79 Å². The molecule has 1 fully saturated rings. The van der Waals surface area contributed by atoms with Gasteiger partial charge in [-0.3, -0.25) is 4.79 Å². The number of hydrogen-bond donors (Lipinski definition) is 2. The summed E-state index contributed by atoms with van der Waals surface area (Å²) in [5.41, 5.74) is 5.84. The molecule has 1 rings (SSSR count). The first-order chi connectivity index (χ1) is 7.48. The lowest BCUT2D eigenvalue weighted by molar-refractivity contribution is -0.140. The van der Waals surface area contributed by atoms with Crippen LogP contribution in [0, 0.1) is 16.2 Å². The predicted octanol–water partition coefficient (Wildman–Crippen LogP) is 2.30. The quantitative estimate of drug-likeness (QED) is 0.795. The lowest BCUT2D eigenvalue weighted by Crippen LogP contribution is -2.76. The standard InChI is InChI=1S/C14H28N2O/c1-8-12(2,3)11(17)16-10-13(4,5)9(15)14(10,6)7/h9-10H,8,15H2,1-7H3,(H,16,17). The van der Waals surface area contributed by atoms with Crippen molar-refractivity contribution in [1.82, 2.24) is 5.32 Å². The maximum Gasteiger partial charge on any atom is 0.225 e. The van der Waals surface area contributed by atoms with Gasteiger partial charge in [0.25, 0.3) is 0 Å². The molecule has 1 amide bonds. The fourth-order valence-electron chi connectivity index (χ4n) is 3.04. The molecule has 17 heavy (non-hydrogen) atoms. The van der Waals surface area contributed by atoms with Gasteiger partial charge in [0, 0.05) is 28.3 Å². The van der Waals surface area contributed by atoms with Gasteiger partial charge >= 0.3 is 0 Å². The van der Waals surface area contributed by atoms with Gasteiger partial charge in [-0.2, -0.15) is 0 Å². The third kappa shape index (κ3) is 2.10. The van der Waals surface area contributed by atoms with Gasteiger partial charge in [-0.25, -0.2) is 0 Å². The van der Waals surface area contributed by atoms with E-state index in [1.165, 1.54) is 0 Å². The van der Waals surface area contributed by atoms with E-state index >= 15 is 0 Å². The van der Waals surface area contributed by atoms with E-state index in [2.05, 4.69) is 33.0 Å². The van der Waals surface area contributed by atoms with E-state index in [0.717, 1.165) is 6.42 Å². The summed E-state index contributed by atoms with van der Waals surface area (Å²) in [5.74, 6) is 0.137. The summed E-state index contributed by atoms with van der Waals surface area (Å²) in [4.78, 5) is 12.2. The van der Waals surface area contributed by atoms with E-state index in [4.69, 9.17) is 5.73 Å². The molecule has 100 valence electrons. The summed E-state index contributed by atoms with van der Waals surface area (Å²) < 4.78 is 0. The van der Waals surface area contributed by atoms with Crippen molar-refractivity contribution in [3.05, 3.63) is 0 Å². The van der Waals surface area contributed by atoms with Gasteiger partial charge in [-0.05, 0) is 6.42 Å². The SMILES string of the molecule is CCC(C)(C)C(=O)NC1C(C)(C)C(N)C1(C)C. The third-order valence-electron chi connectivity index (χ3n) is 4.87. The summed E-state index contributed by atoms with van der Waals surface area (Å²) in [6.45, 7) is 14.5. The smallest absolute Gasteiger partial charge is 0.225 e. The van der Waals surface area contributed by atoms with Gasteiger partial charge in [-0.15, -0.1) is 0 Å². The highest BCUT2D eigenvalue weighted by molar-refractivity contribution is 5.82. The minimum atomic E-state index is -0.300. The van der Waals surface area contributed by atoms with E-state index in [9.17, 15) is 4.79 Å². The number of hydrogen-bond acceptors (Lipinski definition) is 2. The molecule has 3 heteroatoms. The van der Waals surface area contributed by atoms with Crippen molar-refractivity contribution in [2.45, 2.75) is 67.0 Å². The molecule has 0 unspecified atom stereocenters. The van der Waals surface area contributed by atoms with Gasteiger partial charge in [0.05, 0.1) is 0 Å². The van der Waals surface area contributed by atoms with Crippen LogP contribution in [0.5, 0.6) is 0 Å². The fourth-order valence-corrected chi connectivity index (χ4v) is 3.04. The van der Waals surface area contributed by atoms with Crippen molar-refractivity contribution >= 4 is 5.91 Å². The highest BCUT2D eigenvalue weighted by Gasteiger charge is 2.60. The molecule has 1 aliphatic carbocycles. The molecule has 1 saturated carbocycles. The van der Waals surface area contributed by atoms with Crippen LogP contribution in [0.3, 0.4) is 0 Å². The van der Waals surface area contributed by atoms with E-state index in [1.807, 2.05) is 20.8 Å². The van der Waals surface area contributed by atoms with Crippen molar-refractivity contribution in [1.29, 1.82) is 0 Å². The number of nitrogens with two attached hydrogens (primary N) is 1. The van der Waals surface area contributed by atoms with Gasteiger partial charge in [0.1, 0.15) is 0 Å². The Morgan fingerprint density at radius 2 is 1.65 bits per heavy atom. The van der Waals surface area contributed by atoms with Gasteiger partial charge < -0.3 is 11.1 Å². The van der Waals surface area contributed by atoms with Gasteiger partial charge in [0.15, 0.2) is 0 Å². The Morgan fingerprint density at radius 3 is 2.00 bits per heavy atom. The van der Waals surface area contributed by atoms with E-state index < -0.39 is 0 Å². The first kappa shape index (κ1) is 14.5. The maximum atomic E-state index is 12.2. The zero-order valence-electron chi connectivity index (χ0n) is 12.3. The van der Waals surface area contributed by atoms with E-state index in [1.54, 1.807) is 0 Å². The van der Waals surface area contributed by atoms with Crippen LogP contribution in [0.2, 0.25) is 0 Å². The first-order valence-electron chi connectivity index (χ1n) is 6.54. The molecule has 1 aliphatic rings. The number of rotatable bonds is 3. The summed E-state index contributed by atoms with van der Waals surface area (Å²) in [7, 11) is 0. The molecule has 0 spiro atoms. The minimum Gasteiger partial charge on any atom is -0.352 e. The Balaban J connectivity index is 2.80. The van der Waals surface area contributed by atoms with Crippen molar-refractivity contribution in [3.63, 3.8) is 0 Å². The summed E-state index contributed by atoms with van der Waals surface area (Å²) >= 11 is 0. The van der Waals surface area contributed by atoms with Crippen molar-refractivity contribution in [3.8, 4) is 0 Å². The maximum absolute atomic E-state index is 12.2. The summed E-state index contributed by atoms with van der Waals surface area (Å²) in [6, 6.07) is 0.286. The van der Waals surface area contributed by atoms with Crippen LogP contribution >= 0.6 is 0 Å². The van der Waals surface area contributed by atoms with Crippen LogP contribution in [-0.4, -0.2) is 18.0 Å². The summed E-state index contributed by atoms with van der Waals surface area (Å²) in [5, 5.41) is 3.20. The molecule has 0 aromatic rings. The number of carbonyl (C=O) groups is 1. The molecule has 0 aromatic heterocycles. The molecular weight excluding hydrogens is 212 g/mol. The van der Waals surface area contributed by atoms with Crippen LogP contribution in [0.1, 0.15) is 54.9 Å².